The van der Waals surface area contributed by atoms with Gasteiger partial charge in [-0.25, -0.2) is 4.39 Å². The number of aryl methyl sites for hydroxylation is 1. The number of hydrogen-bond acceptors (Lipinski definition) is 2. The molecule has 0 aliphatic heterocycles. The van der Waals surface area contributed by atoms with Crippen molar-refractivity contribution in [2.75, 3.05) is 13.6 Å². The van der Waals surface area contributed by atoms with Crippen LogP contribution in [0.2, 0.25) is 0 Å². The van der Waals surface area contributed by atoms with E-state index in [2.05, 4.69) is 22.7 Å². The lowest BCUT2D eigenvalue weighted by Gasteiger charge is -2.26. The Morgan fingerprint density at radius 1 is 1.29 bits per heavy atom. The molecule has 3 nitrogen and oxygen atoms in total. The molecule has 0 radical (unpaired) electrons. The summed E-state index contributed by atoms with van der Waals surface area (Å²) in [5.74, 6) is 0. The number of rotatable bonds is 5. The first-order valence-electron chi connectivity index (χ1n) is 8.48. The van der Waals surface area contributed by atoms with Gasteiger partial charge in [-0.15, -0.1) is 0 Å². The SMILES string of the molecule is Cc1nn(C2CCCC2)cc1CN(C)CC1(F)CCCC1. The number of nitrogens with zero attached hydrogens (tertiary/aromatic N) is 3. The molecule has 0 N–H and O–H groups in total. The van der Waals surface area contributed by atoms with Crippen LogP contribution in [0.3, 0.4) is 0 Å². The van der Waals surface area contributed by atoms with Crippen LogP contribution >= 0.6 is 0 Å². The van der Waals surface area contributed by atoms with Crippen LogP contribution in [0.1, 0.15) is 68.7 Å². The first-order valence-corrected chi connectivity index (χ1v) is 8.48. The van der Waals surface area contributed by atoms with E-state index >= 15 is 0 Å². The average Bonchev–Trinajstić information content (AvgIpc) is 3.12. The van der Waals surface area contributed by atoms with Gasteiger partial charge < -0.3 is 0 Å². The molecule has 2 saturated carbocycles. The first kappa shape index (κ1) is 15.0. The van der Waals surface area contributed by atoms with Gasteiger partial charge in [-0.1, -0.05) is 25.7 Å². The van der Waals surface area contributed by atoms with Crippen molar-refractivity contribution in [3.8, 4) is 0 Å². The van der Waals surface area contributed by atoms with Gasteiger partial charge in [0.15, 0.2) is 0 Å². The second kappa shape index (κ2) is 6.07. The maximum absolute atomic E-state index is 14.6. The normalized spacial score (nSPS) is 22.5. The number of halogens is 1. The molecule has 21 heavy (non-hydrogen) atoms. The Kier molecular flexibility index (Phi) is 4.34. The minimum absolute atomic E-state index is 0.557. The van der Waals surface area contributed by atoms with Crippen LogP contribution in [0.25, 0.3) is 0 Å². The molecule has 0 atom stereocenters. The van der Waals surface area contributed by atoms with E-state index < -0.39 is 5.67 Å². The Morgan fingerprint density at radius 3 is 2.62 bits per heavy atom. The highest BCUT2D eigenvalue weighted by Gasteiger charge is 2.34. The fraction of sp³-hybridized carbons (Fsp3) is 0.824. The Balaban J connectivity index is 1.61. The van der Waals surface area contributed by atoms with Crippen LogP contribution in [0.4, 0.5) is 4.39 Å². The van der Waals surface area contributed by atoms with Gasteiger partial charge in [-0.05, 0) is 39.7 Å². The minimum atomic E-state index is -0.954. The minimum Gasteiger partial charge on any atom is -0.299 e. The van der Waals surface area contributed by atoms with Crippen LogP contribution < -0.4 is 0 Å². The van der Waals surface area contributed by atoms with Crippen molar-refractivity contribution in [1.82, 2.24) is 14.7 Å². The molecule has 1 aromatic heterocycles. The molecule has 118 valence electrons. The van der Waals surface area contributed by atoms with E-state index in [1.165, 1.54) is 31.2 Å². The van der Waals surface area contributed by atoms with Gasteiger partial charge in [0.2, 0.25) is 0 Å². The summed E-state index contributed by atoms with van der Waals surface area (Å²) in [7, 11) is 2.03. The molecule has 0 amide bonds. The van der Waals surface area contributed by atoms with E-state index in [9.17, 15) is 4.39 Å². The average molecular weight is 293 g/mol. The molecule has 3 rings (SSSR count). The summed E-state index contributed by atoms with van der Waals surface area (Å²) in [6, 6.07) is 0.588. The molecule has 0 spiro atoms. The summed E-state index contributed by atoms with van der Waals surface area (Å²) in [6.07, 6.45) is 10.9. The monoisotopic (exact) mass is 293 g/mol. The largest absolute Gasteiger partial charge is 0.299 e. The molecule has 2 fully saturated rings. The third kappa shape index (κ3) is 3.47. The second-order valence-corrected chi connectivity index (χ2v) is 7.19. The van der Waals surface area contributed by atoms with Crippen LogP contribution in [0, 0.1) is 6.92 Å². The lowest BCUT2D eigenvalue weighted by atomic mass is 10.0. The van der Waals surface area contributed by atoms with E-state index in [0.29, 0.717) is 12.6 Å². The maximum Gasteiger partial charge on any atom is 0.123 e. The zero-order valence-electron chi connectivity index (χ0n) is 13.4. The summed E-state index contributed by atoms with van der Waals surface area (Å²) in [4.78, 5) is 2.13. The smallest absolute Gasteiger partial charge is 0.123 e. The Hall–Kier alpha value is -0.900. The van der Waals surface area contributed by atoms with Gasteiger partial charge >= 0.3 is 0 Å². The zero-order valence-corrected chi connectivity index (χ0v) is 13.4. The third-order valence-corrected chi connectivity index (χ3v) is 5.21. The van der Waals surface area contributed by atoms with Gasteiger partial charge in [0, 0.05) is 24.8 Å². The van der Waals surface area contributed by atoms with E-state index in [1.54, 1.807) is 0 Å². The summed E-state index contributed by atoms with van der Waals surface area (Å²) in [5, 5.41) is 4.69. The first-order chi connectivity index (χ1) is 10.1. The molecular formula is C17H28FN3. The van der Waals surface area contributed by atoms with E-state index in [0.717, 1.165) is 37.9 Å². The summed E-state index contributed by atoms with van der Waals surface area (Å²) < 4.78 is 16.7. The van der Waals surface area contributed by atoms with Crippen LogP contribution in [0.15, 0.2) is 6.20 Å². The lowest BCUT2D eigenvalue weighted by molar-refractivity contribution is 0.109. The number of alkyl halides is 1. The number of hydrogen-bond donors (Lipinski definition) is 0. The molecule has 2 aliphatic carbocycles. The van der Waals surface area contributed by atoms with Crippen LogP contribution in [-0.4, -0.2) is 33.9 Å². The van der Waals surface area contributed by atoms with Gasteiger partial charge in [-0.2, -0.15) is 5.10 Å². The highest BCUT2D eigenvalue weighted by molar-refractivity contribution is 5.16. The van der Waals surface area contributed by atoms with Crippen LogP contribution in [-0.2, 0) is 6.54 Å². The molecule has 0 saturated heterocycles. The summed E-state index contributed by atoms with van der Waals surface area (Å²) in [5.41, 5.74) is 1.41. The Morgan fingerprint density at radius 2 is 1.95 bits per heavy atom. The van der Waals surface area contributed by atoms with Gasteiger partial charge in [0.05, 0.1) is 11.7 Å². The molecule has 0 bridgehead atoms. The molecular weight excluding hydrogens is 265 g/mol. The van der Waals surface area contributed by atoms with Crippen molar-refractivity contribution in [3.63, 3.8) is 0 Å². The van der Waals surface area contributed by atoms with Gasteiger partial charge in [-0.3, -0.25) is 9.58 Å². The third-order valence-electron chi connectivity index (χ3n) is 5.21. The van der Waals surface area contributed by atoms with Crippen molar-refractivity contribution in [2.24, 2.45) is 0 Å². The zero-order chi connectivity index (χ0) is 14.9. The highest BCUT2D eigenvalue weighted by Crippen LogP contribution is 2.34. The Labute approximate surface area is 127 Å². The van der Waals surface area contributed by atoms with Crippen LogP contribution in [0.5, 0.6) is 0 Å². The molecule has 1 heterocycles. The maximum atomic E-state index is 14.6. The second-order valence-electron chi connectivity index (χ2n) is 7.19. The predicted molar refractivity (Wildman–Crippen MR) is 83.1 cm³/mol. The molecule has 4 heteroatoms. The summed E-state index contributed by atoms with van der Waals surface area (Å²) in [6.45, 7) is 3.45. The lowest BCUT2D eigenvalue weighted by Crippen LogP contribution is -2.35. The number of aromatic nitrogens is 2. The topological polar surface area (TPSA) is 21.1 Å². The van der Waals surface area contributed by atoms with Crippen molar-refractivity contribution in [1.29, 1.82) is 0 Å². The molecule has 0 aromatic carbocycles. The fourth-order valence-electron chi connectivity index (χ4n) is 4.03. The predicted octanol–water partition coefficient (Wildman–Crippen LogP) is 4.02. The fourth-order valence-corrected chi connectivity index (χ4v) is 4.03. The van der Waals surface area contributed by atoms with E-state index in [-0.39, 0.29) is 0 Å². The van der Waals surface area contributed by atoms with Gasteiger partial charge in [0.25, 0.3) is 0 Å². The van der Waals surface area contributed by atoms with Crippen molar-refractivity contribution in [3.05, 3.63) is 17.5 Å². The van der Waals surface area contributed by atoms with Crippen molar-refractivity contribution in [2.45, 2.75) is 76.5 Å². The quantitative estimate of drug-likeness (QED) is 0.817. The standard InChI is InChI=1S/C17H28FN3/c1-14-15(12-21(19-14)16-7-3-4-8-16)11-20(2)13-17(18)9-5-6-10-17/h12,16H,3-11,13H2,1-2H3. The van der Waals surface area contributed by atoms with Crippen molar-refractivity contribution >= 4 is 0 Å². The molecule has 2 aliphatic rings. The van der Waals surface area contributed by atoms with Crippen molar-refractivity contribution < 1.29 is 4.39 Å². The van der Waals surface area contributed by atoms with E-state index in [1.807, 2.05) is 7.05 Å². The van der Waals surface area contributed by atoms with E-state index in [4.69, 9.17) is 5.10 Å². The molecule has 1 aromatic rings. The summed E-state index contributed by atoms with van der Waals surface area (Å²) >= 11 is 0. The highest BCUT2D eigenvalue weighted by atomic mass is 19.1. The van der Waals surface area contributed by atoms with Gasteiger partial charge in [0.1, 0.15) is 5.67 Å². The Bertz CT molecular complexity index is 470. The molecule has 0 unspecified atom stereocenters.